The summed E-state index contributed by atoms with van der Waals surface area (Å²) in [6, 6.07) is 4.69. The SMILES string of the molecule is CCCC(=O)NCCc1nsc(NS(=O)(=O)c2cccc(Cl)c2C)n1. The van der Waals surface area contributed by atoms with Crippen LogP contribution in [0.4, 0.5) is 5.13 Å². The number of sulfonamides is 1. The quantitative estimate of drug-likeness (QED) is 0.706. The molecule has 0 unspecified atom stereocenters. The lowest BCUT2D eigenvalue weighted by molar-refractivity contribution is -0.121. The Bertz CT molecular complexity index is 852. The lowest BCUT2D eigenvalue weighted by atomic mass is 10.2. The van der Waals surface area contributed by atoms with Gasteiger partial charge in [0.1, 0.15) is 5.82 Å². The molecule has 0 atom stereocenters. The van der Waals surface area contributed by atoms with Gasteiger partial charge in [0.05, 0.1) is 4.90 Å². The molecule has 136 valence electrons. The van der Waals surface area contributed by atoms with Crippen LogP contribution in [0.15, 0.2) is 23.1 Å². The van der Waals surface area contributed by atoms with Gasteiger partial charge in [-0.1, -0.05) is 24.6 Å². The maximum absolute atomic E-state index is 12.5. The summed E-state index contributed by atoms with van der Waals surface area (Å²) in [6.07, 6.45) is 1.70. The average molecular weight is 403 g/mol. The average Bonchev–Trinajstić information content (AvgIpc) is 2.96. The predicted octanol–water partition coefficient (Wildman–Crippen LogP) is 2.76. The van der Waals surface area contributed by atoms with Gasteiger partial charge in [-0.05, 0) is 31.0 Å². The van der Waals surface area contributed by atoms with Crippen molar-refractivity contribution in [3.05, 3.63) is 34.6 Å². The molecule has 0 radical (unpaired) electrons. The van der Waals surface area contributed by atoms with Gasteiger partial charge in [-0.25, -0.2) is 13.4 Å². The molecule has 0 fully saturated rings. The standard InChI is InChI=1S/C15H19ClN4O3S2/c1-3-5-14(21)17-9-8-13-18-15(24-19-13)20-25(22,23)12-7-4-6-11(16)10(12)2/h4,6-7H,3,5,8-9H2,1-2H3,(H,17,21)(H,18,19,20). The van der Waals surface area contributed by atoms with Gasteiger partial charge in [0, 0.05) is 35.9 Å². The Kier molecular flexibility index (Phi) is 6.74. The van der Waals surface area contributed by atoms with E-state index in [0.717, 1.165) is 18.0 Å². The van der Waals surface area contributed by atoms with Gasteiger partial charge in [-0.15, -0.1) is 0 Å². The zero-order chi connectivity index (χ0) is 18.4. The Labute approximate surface area is 156 Å². The predicted molar refractivity (Wildman–Crippen MR) is 98.5 cm³/mol. The van der Waals surface area contributed by atoms with Gasteiger partial charge in [0.15, 0.2) is 0 Å². The Morgan fingerprint density at radius 1 is 1.36 bits per heavy atom. The summed E-state index contributed by atoms with van der Waals surface area (Å²) < 4.78 is 31.5. The largest absolute Gasteiger partial charge is 0.356 e. The minimum atomic E-state index is -3.79. The minimum Gasteiger partial charge on any atom is -0.356 e. The molecule has 25 heavy (non-hydrogen) atoms. The summed E-state index contributed by atoms with van der Waals surface area (Å²) in [4.78, 5) is 15.6. The van der Waals surface area contributed by atoms with E-state index in [1.807, 2.05) is 6.92 Å². The second kappa shape index (κ2) is 8.59. The Hall–Kier alpha value is -1.71. The molecule has 1 aromatic carbocycles. The normalized spacial score (nSPS) is 11.3. The van der Waals surface area contributed by atoms with Crippen molar-refractivity contribution in [2.75, 3.05) is 11.3 Å². The molecule has 10 heteroatoms. The van der Waals surface area contributed by atoms with Crippen LogP contribution in [0, 0.1) is 6.92 Å². The molecule has 2 aromatic rings. The summed E-state index contributed by atoms with van der Waals surface area (Å²) in [5.74, 6) is 0.456. The van der Waals surface area contributed by atoms with Crippen molar-refractivity contribution in [2.24, 2.45) is 0 Å². The first-order valence-electron chi connectivity index (χ1n) is 7.70. The van der Waals surface area contributed by atoms with E-state index in [1.54, 1.807) is 19.1 Å². The number of halogens is 1. The summed E-state index contributed by atoms with van der Waals surface area (Å²) in [5.41, 5.74) is 0.472. The molecular formula is C15H19ClN4O3S2. The van der Waals surface area contributed by atoms with Crippen molar-refractivity contribution in [1.29, 1.82) is 0 Å². The lowest BCUT2D eigenvalue weighted by Crippen LogP contribution is -2.25. The van der Waals surface area contributed by atoms with Crippen molar-refractivity contribution in [2.45, 2.75) is 38.0 Å². The van der Waals surface area contributed by atoms with Crippen LogP contribution in [0.2, 0.25) is 5.02 Å². The van der Waals surface area contributed by atoms with Gasteiger partial charge >= 0.3 is 0 Å². The molecule has 1 aromatic heterocycles. The van der Waals surface area contributed by atoms with E-state index < -0.39 is 10.0 Å². The number of rotatable bonds is 8. The van der Waals surface area contributed by atoms with Crippen molar-refractivity contribution < 1.29 is 13.2 Å². The molecule has 1 amide bonds. The van der Waals surface area contributed by atoms with Gasteiger partial charge in [0.2, 0.25) is 11.0 Å². The van der Waals surface area contributed by atoms with E-state index in [-0.39, 0.29) is 15.9 Å². The number of nitrogens with zero attached hydrogens (tertiary/aromatic N) is 2. The molecular weight excluding hydrogens is 384 g/mol. The van der Waals surface area contributed by atoms with E-state index in [2.05, 4.69) is 19.4 Å². The third-order valence-corrected chi connectivity index (χ3v) is 6.04. The molecule has 2 N–H and O–H groups in total. The number of carbonyl (C=O) groups is 1. The number of amides is 1. The molecule has 7 nitrogen and oxygen atoms in total. The highest BCUT2D eigenvalue weighted by atomic mass is 35.5. The summed E-state index contributed by atoms with van der Waals surface area (Å²) in [5, 5.41) is 3.32. The number of hydrogen-bond donors (Lipinski definition) is 2. The fourth-order valence-electron chi connectivity index (χ4n) is 2.07. The summed E-state index contributed by atoms with van der Waals surface area (Å²) in [7, 11) is -3.79. The molecule has 0 saturated carbocycles. The zero-order valence-corrected chi connectivity index (χ0v) is 16.3. The highest BCUT2D eigenvalue weighted by Gasteiger charge is 2.20. The van der Waals surface area contributed by atoms with Crippen molar-refractivity contribution in [3.8, 4) is 0 Å². The van der Waals surface area contributed by atoms with Crippen molar-refractivity contribution in [3.63, 3.8) is 0 Å². The Morgan fingerprint density at radius 3 is 2.84 bits per heavy atom. The monoisotopic (exact) mass is 402 g/mol. The summed E-state index contributed by atoms with van der Waals surface area (Å²) in [6.45, 7) is 3.98. The Morgan fingerprint density at radius 2 is 2.12 bits per heavy atom. The van der Waals surface area contributed by atoms with Gasteiger partial charge in [-0.2, -0.15) is 4.37 Å². The van der Waals surface area contributed by atoms with Crippen molar-refractivity contribution >= 4 is 44.2 Å². The van der Waals surface area contributed by atoms with Crippen LogP contribution in [0.3, 0.4) is 0 Å². The van der Waals surface area contributed by atoms with E-state index in [4.69, 9.17) is 11.6 Å². The van der Waals surface area contributed by atoms with Crippen LogP contribution in [0.1, 0.15) is 31.2 Å². The molecule has 0 bridgehead atoms. The first-order valence-corrected chi connectivity index (χ1v) is 10.3. The highest BCUT2D eigenvalue weighted by molar-refractivity contribution is 7.93. The molecule has 2 rings (SSSR count). The van der Waals surface area contributed by atoms with Crippen LogP contribution >= 0.6 is 23.1 Å². The number of carbonyl (C=O) groups excluding carboxylic acids is 1. The molecule has 0 aliphatic carbocycles. The molecule has 0 aliphatic heterocycles. The number of aromatic nitrogens is 2. The first-order chi connectivity index (χ1) is 11.8. The fraction of sp³-hybridized carbons (Fsp3) is 0.400. The lowest BCUT2D eigenvalue weighted by Gasteiger charge is -2.08. The third kappa shape index (κ3) is 5.38. The van der Waals surface area contributed by atoms with Crippen LogP contribution < -0.4 is 10.0 Å². The minimum absolute atomic E-state index is 0.0184. The second-order valence-electron chi connectivity index (χ2n) is 5.33. The summed E-state index contributed by atoms with van der Waals surface area (Å²) >= 11 is 6.93. The maximum Gasteiger partial charge on any atom is 0.264 e. The van der Waals surface area contributed by atoms with E-state index in [0.29, 0.717) is 35.8 Å². The Balaban J connectivity index is 2.00. The topological polar surface area (TPSA) is 101 Å². The third-order valence-electron chi connectivity index (χ3n) is 3.35. The first kappa shape index (κ1) is 19.6. The van der Waals surface area contributed by atoms with Crippen LogP contribution in [0.5, 0.6) is 0 Å². The molecule has 1 heterocycles. The van der Waals surface area contributed by atoms with Crippen LogP contribution in [-0.4, -0.2) is 30.2 Å². The van der Waals surface area contributed by atoms with Gasteiger partial charge in [0.25, 0.3) is 10.0 Å². The van der Waals surface area contributed by atoms with Crippen LogP contribution in [-0.2, 0) is 21.2 Å². The second-order valence-corrected chi connectivity index (χ2v) is 8.14. The number of benzene rings is 1. The molecule has 0 aliphatic rings. The van der Waals surface area contributed by atoms with Gasteiger partial charge in [-0.3, -0.25) is 9.52 Å². The highest BCUT2D eigenvalue weighted by Crippen LogP contribution is 2.25. The van der Waals surface area contributed by atoms with Crippen LogP contribution in [0.25, 0.3) is 0 Å². The molecule has 0 spiro atoms. The smallest absolute Gasteiger partial charge is 0.264 e. The van der Waals surface area contributed by atoms with E-state index in [1.165, 1.54) is 6.07 Å². The van der Waals surface area contributed by atoms with E-state index in [9.17, 15) is 13.2 Å². The number of hydrogen-bond acceptors (Lipinski definition) is 6. The fourth-order valence-corrected chi connectivity index (χ4v) is 4.41. The number of anilines is 1. The van der Waals surface area contributed by atoms with E-state index >= 15 is 0 Å². The van der Waals surface area contributed by atoms with Gasteiger partial charge < -0.3 is 5.32 Å². The molecule has 0 saturated heterocycles. The maximum atomic E-state index is 12.5. The number of nitrogens with one attached hydrogen (secondary N) is 2. The zero-order valence-electron chi connectivity index (χ0n) is 13.9. The van der Waals surface area contributed by atoms with Crippen molar-refractivity contribution in [1.82, 2.24) is 14.7 Å².